The van der Waals surface area contributed by atoms with Crippen LogP contribution in [0.4, 0.5) is 29.3 Å². The summed E-state index contributed by atoms with van der Waals surface area (Å²) in [5, 5.41) is 0. The van der Waals surface area contributed by atoms with Crippen molar-refractivity contribution in [1.82, 2.24) is 24.8 Å². The molecule has 0 unspecified atom stereocenters. The van der Waals surface area contributed by atoms with Crippen molar-refractivity contribution in [3.05, 3.63) is 47.4 Å². The zero-order valence-electron chi connectivity index (χ0n) is 19.3. The molecule has 3 aromatic rings. The summed E-state index contributed by atoms with van der Waals surface area (Å²) in [6.45, 7) is 1.68. The lowest BCUT2D eigenvalue weighted by Gasteiger charge is -2.22. The minimum atomic E-state index is -4.77. The number of benzene rings is 1. The van der Waals surface area contributed by atoms with Crippen LogP contribution in [0.25, 0.3) is 11.4 Å². The third-order valence-corrected chi connectivity index (χ3v) is 5.29. The topological polar surface area (TPSA) is 121 Å². The molecule has 3 N–H and O–H groups in total. The predicted molar refractivity (Wildman–Crippen MR) is 118 cm³/mol. The first kappa shape index (κ1) is 25.2. The summed E-state index contributed by atoms with van der Waals surface area (Å²) >= 11 is 0. The Morgan fingerprint density at radius 2 is 1.86 bits per heavy atom. The summed E-state index contributed by atoms with van der Waals surface area (Å²) in [5.41, 5.74) is 4.03. The number of amides is 1. The zero-order valence-corrected chi connectivity index (χ0v) is 19.3. The maximum absolute atomic E-state index is 14.7. The fraction of sp³-hybridized carbons (Fsp3) is 0.318. The molecule has 0 radical (unpaired) electrons. The van der Waals surface area contributed by atoms with E-state index in [0.29, 0.717) is 32.4 Å². The van der Waals surface area contributed by atoms with Crippen molar-refractivity contribution >= 4 is 17.7 Å². The Hall–Kier alpha value is -3.91. The number of carbonyl (C=O) groups excluding carboxylic acids is 1. The van der Waals surface area contributed by atoms with Gasteiger partial charge in [-0.1, -0.05) is 0 Å². The molecule has 1 aliphatic rings. The zero-order chi connectivity index (χ0) is 26.0. The van der Waals surface area contributed by atoms with Crippen molar-refractivity contribution in [2.45, 2.75) is 6.18 Å². The summed E-state index contributed by atoms with van der Waals surface area (Å²) in [5.74, 6) is -2.22. The minimum absolute atomic E-state index is 0.0856. The standard InChI is InChI=1S/C22H21F4N7O3/c1-32(2)19(34)12-3-4-16(15(23)9-12)36-21-30-18(29-20(31-21)33-5-7-35-8-6-33)13-11-28-17(27)10-14(13)22(24,25)26/h3-4,9-11H,5-8H2,1-2H3,(H2,27,28)/p+1. The van der Waals surface area contributed by atoms with Gasteiger partial charge < -0.3 is 20.1 Å². The van der Waals surface area contributed by atoms with Crippen LogP contribution in [0.1, 0.15) is 15.9 Å². The number of rotatable bonds is 5. The molecular formula is C22H22F4N7O3+. The molecule has 0 aliphatic carbocycles. The first-order chi connectivity index (χ1) is 17.0. The van der Waals surface area contributed by atoms with Gasteiger partial charge >= 0.3 is 18.1 Å². The average molecular weight is 508 g/mol. The fourth-order valence-corrected chi connectivity index (χ4v) is 3.48. The molecule has 0 saturated carbocycles. The van der Waals surface area contributed by atoms with Crippen molar-refractivity contribution < 1.29 is 36.7 Å². The average Bonchev–Trinajstić information content (AvgIpc) is 2.84. The number of aromatic nitrogens is 4. The molecule has 36 heavy (non-hydrogen) atoms. The van der Waals surface area contributed by atoms with Crippen molar-refractivity contribution in [2.75, 3.05) is 46.1 Å². The third-order valence-electron chi connectivity index (χ3n) is 5.29. The lowest BCUT2D eigenvalue weighted by Crippen LogP contribution is -3.10. The molecule has 0 atom stereocenters. The number of hydrogen-bond acceptors (Lipinski definition) is 8. The van der Waals surface area contributed by atoms with Gasteiger partial charge in [0, 0.05) is 25.9 Å². The monoisotopic (exact) mass is 508 g/mol. The number of nitrogens with zero attached hydrogens (tertiary/aromatic N) is 5. The van der Waals surface area contributed by atoms with E-state index in [1.54, 1.807) is 0 Å². The van der Waals surface area contributed by atoms with E-state index in [9.17, 15) is 22.4 Å². The summed E-state index contributed by atoms with van der Waals surface area (Å²) in [7, 11) is 3.04. The number of anilines is 1. The Labute approximate surface area is 202 Å². The Morgan fingerprint density at radius 1 is 1.14 bits per heavy atom. The van der Waals surface area contributed by atoms with Crippen LogP contribution in [0.2, 0.25) is 0 Å². The van der Waals surface area contributed by atoms with Gasteiger partial charge in [0.2, 0.25) is 0 Å². The van der Waals surface area contributed by atoms with Gasteiger partial charge in [0.05, 0.1) is 24.3 Å². The highest BCUT2D eigenvalue weighted by Crippen LogP contribution is 2.37. The summed E-state index contributed by atoms with van der Waals surface area (Å²) < 4.78 is 66.8. The molecule has 1 aliphatic heterocycles. The molecule has 0 spiro atoms. The Kier molecular flexibility index (Phi) is 6.99. The van der Waals surface area contributed by atoms with Crippen molar-refractivity contribution in [3.8, 4) is 23.1 Å². The van der Waals surface area contributed by atoms with Gasteiger partial charge in [-0.3, -0.25) is 9.69 Å². The Bertz CT molecular complexity index is 1280. The van der Waals surface area contributed by atoms with Crippen LogP contribution in [0.15, 0.2) is 30.5 Å². The number of nitrogens with one attached hydrogen (secondary N) is 1. The molecular weight excluding hydrogens is 486 g/mol. The van der Waals surface area contributed by atoms with Gasteiger partial charge in [-0.15, -0.1) is 4.98 Å². The van der Waals surface area contributed by atoms with Crippen LogP contribution in [0, 0.1) is 5.82 Å². The lowest BCUT2D eigenvalue weighted by atomic mass is 10.1. The van der Waals surface area contributed by atoms with Crippen LogP contribution < -0.4 is 15.4 Å². The quantitative estimate of drug-likeness (QED) is 0.500. The molecule has 10 nitrogen and oxygen atoms in total. The SMILES string of the molecule is CN(C)C(=O)c1ccc(Oc2nc(-c3cnc(N)cc3C(F)(F)F)nc([NH+]3CCOCC3)n2)c(F)c1. The van der Waals surface area contributed by atoms with Crippen LogP contribution in [-0.2, 0) is 10.9 Å². The molecule has 190 valence electrons. The number of carbonyl (C=O) groups is 1. The highest BCUT2D eigenvalue weighted by molar-refractivity contribution is 5.94. The summed E-state index contributed by atoms with van der Waals surface area (Å²) in [6, 6.07) is 3.80. The Morgan fingerprint density at radius 3 is 2.50 bits per heavy atom. The lowest BCUT2D eigenvalue weighted by molar-refractivity contribution is -0.847. The molecule has 2 aromatic heterocycles. The van der Waals surface area contributed by atoms with Gasteiger partial charge in [-0.05, 0) is 24.3 Å². The van der Waals surface area contributed by atoms with Gasteiger partial charge in [-0.25, -0.2) is 9.37 Å². The largest absolute Gasteiger partial charge is 0.421 e. The summed E-state index contributed by atoms with van der Waals surface area (Å²) in [6.07, 6.45) is -3.86. The number of hydrogen-bond donors (Lipinski definition) is 2. The molecule has 1 amide bonds. The molecule has 1 fully saturated rings. The molecule has 1 saturated heterocycles. The van der Waals surface area contributed by atoms with E-state index in [2.05, 4.69) is 19.9 Å². The number of nitrogens with two attached hydrogens (primary N) is 1. The van der Waals surface area contributed by atoms with Crippen LogP contribution >= 0.6 is 0 Å². The van der Waals surface area contributed by atoms with Crippen molar-refractivity contribution in [2.24, 2.45) is 0 Å². The van der Waals surface area contributed by atoms with E-state index in [1.165, 1.54) is 31.1 Å². The van der Waals surface area contributed by atoms with Crippen molar-refractivity contribution in [1.29, 1.82) is 0 Å². The van der Waals surface area contributed by atoms with Gasteiger partial charge in [0.25, 0.3) is 5.91 Å². The normalized spacial score (nSPS) is 14.5. The predicted octanol–water partition coefficient (Wildman–Crippen LogP) is 1.71. The van der Waals surface area contributed by atoms with E-state index in [0.717, 1.165) is 17.2 Å². The number of alkyl halides is 3. The van der Waals surface area contributed by atoms with E-state index < -0.39 is 35.0 Å². The molecule has 0 bridgehead atoms. The second kappa shape index (κ2) is 9.99. The first-order valence-electron chi connectivity index (χ1n) is 10.7. The number of halogens is 4. The highest BCUT2D eigenvalue weighted by Gasteiger charge is 2.36. The van der Waals surface area contributed by atoms with E-state index in [4.69, 9.17) is 15.2 Å². The van der Waals surface area contributed by atoms with E-state index in [-0.39, 0.29) is 28.9 Å². The number of ether oxygens (including phenoxy) is 2. The molecule has 3 heterocycles. The number of nitrogen functional groups attached to an aromatic ring is 1. The maximum Gasteiger partial charge on any atom is 0.417 e. The van der Waals surface area contributed by atoms with Crippen LogP contribution in [-0.4, -0.2) is 71.1 Å². The van der Waals surface area contributed by atoms with E-state index in [1.807, 2.05) is 0 Å². The second-order valence-corrected chi connectivity index (χ2v) is 8.08. The van der Waals surface area contributed by atoms with Gasteiger partial charge in [-0.2, -0.15) is 23.1 Å². The van der Waals surface area contributed by atoms with Crippen LogP contribution in [0.5, 0.6) is 11.8 Å². The number of pyridine rings is 1. The second-order valence-electron chi connectivity index (χ2n) is 8.08. The van der Waals surface area contributed by atoms with E-state index >= 15 is 0 Å². The molecule has 4 rings (SSSR count). The van der Waals surface area contributed by atoms with Gasteiger partial charge in [0.15, 0.2) is 17.4 Å². The maximum atomic E-state index is 14.7. The van der Waals surface area contributed by atoms with Gasteiger partial charge in [0.1, 0.15) is 18.9 Å². The van der Waals surface area contributed by atoms with Crippen molar-refractivity contribution in [3.63, 3.8) is 0 Å². The first-order valence-corrected chi connectivity index (χ1v) is 10.7. The minimum Gasteiger partial charge on any atom is -0.421 e. The fourth-order valence-electron chi connectivity index (χ4n) is 3.48. The highest BCUT2D eigenvalue weighted by atomic mass is 19.4. The number of quaternary nitrogens is 1. The molecule has 1 aromatic carbocycles. The van der Waals surface area contributed by atoms with Crippen LogP contribution in [0.3, 0.4) is 0 Å². The molecule has 14 heteroatoms. The third kappa shape index (κ3) is 5.49. The smallest absolute Gasteiger partial charge is 0.417 e. The Balaban J connectivity index is 1.78. The number of morpholine rings is 1. The summed E-state index contributed by atoms with van der Waals surface area (Å²) in [4.78, 5) is 30.3.